The van der Waals surface area contributed by atoms with E-state index in [1.807, 2.05) is 0 Å². The van der Waals surface area contributed by atoms with Crippen molar-refractivity contribution >= 4 is 27.2 Å². The number of phenolic OH excluding ortho intramolecular Hbond substituents is 1. The van der Waals surface area contributed by atoms with E-state index in [-0.39, 0.29) is 22.6 Å². The first-order valence-electron chi connectivity index (χ1n) is 7.27. The second kappa shape index (κ2) is 6.78. The summed E-state index contributed by atoms with van der Waals surface area (Å²) in [7, 11) is -3.70. The Hall–Kier alpha value is -3.13. The second-order valence-corrected chi connectivity index (χ2v) is 6.97. The van der Waals surface area contributed by atoms with E-state index in [9.17, 15) is 18.3 Å². The van der Waals surface area contributed by atoms with E-state index < -0.39 is 15.6 Å². The lowest BCUT2D eigenvalue weighted by Gasteiger charge is -2.05. The molecule has 2 N–H and O–H groups in total. The van der Waals surface area contributed by atoms with Crippen LogP contribution in [-0.2, 0) is 15.8 Å². The third-order valence-electron chi connectivity index (χ3n) is 3.39. The number of rotatable bonds is 5. The number of aromatic hydroxyl groups is 1. The largest absolute Gasteiger partial charge is 0.507 e. The van der Waals surface area contributed by atoms with Gasteiger partial charge >= 0.3 is 5.63 Å². The maximum Gasteiger partial charge on any atom is 0.336 e. The van der Waals surface area contributed by atoms with Crippen molar-refractivity contribution < 1.29 is 17.9 Å². The number of hydrazone groups is 1. The summed E-state index contributed by atoms with van der Waals surface area (Å²) in [6.45, 7) is 0. The molecule has 0 aliphatic carbocycles. The Bertz CT molecular complexity index is 1090. The second-order valence-electron chi connectivity index (χ2n) is 5.27. The summed E-state index contributed by atoms with van der Waals surface area (Å²) in [5.74, 6) is -0.422. The molecule has 0 spiro atoms. The molecule has 0 aliphatic rings. The predicted octanol–water partition coefficient (Wildman–Crippen LogP) is 1.95. The average Bonchev–Trinajstić information content (AvgIpc) is 2.57. The van der Waals surface area contributed by atoms with E-state index in [2.05, 4.69) is 9.93 Å². The molecule has 0 saturated heterocycles. The van der Waals surface area contributed by atoms with Crippen molar-refractivity contribution in [2.75, 3.05) is 0 Å². The molecule has 7 nitrogen and oxygen atoms in total. The Kier molecular flexibility index (Phi) is 4.53. The molecule has 25 heavy (non-hydrogen) atoms. The molecule has 2 aromatic carbocycles. The van der Waals surface area contributed by atoms with Gasteiger partial charge in [0.15, 0.2) is 5.58 Å². The van der Waals surface area contributed by atoms with E-state index >= 15 is 0 Å². The third kappa shape index (κ3) is 4.04. The fourth-order valence-corrected chi connectivity index (χ4v) is 3.17. The Labute approximate surface area is 143 Å². The van der Waals surface area contributed by atoms with Gasteiger partial charge in [0, 0.05) is 11.5 Å². The summed E-state index contributed by atoms with van der Waals surface area (Å²) in [6.07, 6.45) is 1.10. The molecule has 0 amide bonds. The molecule has 1 aromatic heterocycles. The van der Waals surface area contributed by atoms with E-state index in [1.165, 1.54) is 18.2 Å². The number of hydrogen-bond donors (Lipinski definition) is 2. The van der Waals surface area contributed by atoms with Gasteiger partial charge in [0.05, 0.1) is 17.5 Å². The maximum absolute atomic E-state index is 12.0. The molecule has 8 heteroatoms. The van der Waals surface area contributed by atoms with Crippen molar-refractivity contribution in [1.29, 1.82) is 0 Å². The average molecular weight is 358 g/mol. The number of benzene rings is 2. The minimum atomic E-state index is -3.70. The van der Waals surface area contributed by atoms with Crippen LogP contribution in [0.15, 0.2) is 68.9 Å². The van der Waals surface area contributed by atoms with Crippen LogP contribution in [0.1, 0.15) is 11.1 Å². The van der Waals surface area contributed by atoms with Gasteiger partial charge in [0.1, 0.15) is 5.75 Å². The van der Waals surface area contributed by atoms with Gasteiger partial charge in [-0.1, -0.05) is 30.3 Å². The molecule has 1 heterocycles. The number of nitrogens with zero attached hydrogens (tertiary/aromatic N) is 1. The van der Waals surface area contributed by atoms with Crippen molar-refractivity contribution in [1.82, 2.24) is 4.83 Å². The smallest absolute Gasteiger partial charge is 0.336 e. The van der Waals surface area contributed by atoms with Crippen LogP contribution in [0.2, 0.25) is 0 Å². The number of fused-ring (bicyclic) bond motifs is 1. The van der Waals surface area contributed by atoms with Gasteiger partial charge in [-0.25, -0.2) is 18.0 Å². The molecule has 3 aromatic rings. The standard InChI is InChI=1S/C17H14N2O5S/c20-15-8-6-13-7-9-16(21)24-17(13)14(15)10-18-19-25(22,23)11-12-4-2-1-3-5-12/h1-10,19-20H,11H2/b18-10+. The lowest BCUT2D eigenvalue weighted by atomic mass is 10.1. The molecule has 0 atom stereocenters. The summed E-state index contributed by atoms with van der Waals surface area (Å²) in [5.41, 5.74) is 0.262. The fourth-order valence-electron chi connectivity index (χ4n) is 2.27. The summed E-state index contributed by atoms with van der Waals surface area (Å²) >= 11 is 0. The number of sulfonamides is 1. The summed E-state index contributed by atoms with van der Waals surface area (Å²) < 4.78 is 29.1. The lowest BCUT2D eigenvalue weighted by molar-refractivity contribution is 0.472. The van der Waals surface area contributed by atoms with Crippen molar-refractivity contribution in [3.63, 3.8) is 0 Å². The topological polar surface area (TPSA) is 109 Å². The van der Waals surface area contributed by atoms with E-state index in [0.29, 0.717) is 10.9 Å². The number of phenols is 1. The number of nitrogens with one attached hydrogen (secondary N) is 1. The van der Waals surface area contributed by atoms with Crippen LogP contribution in [0.4, 0.5) is 0 Å². The molecule has 0 radical (unpaired) electrons. The monoisotopic (exact) mass is 358 g/mol. The molecule has 0 unspecified atom stereocenters. The molecule has 0 aliphatic heterocycles. The van der Waals surface area contributed by atoms with Crippen LogP contribution in [-0.4, -0.2) is 19.7 Å². The van der Waals surface area contributed by atoms with Gasteiger partial charge in [-0.05, 0) is 23.8 Å². The number of hydrogen-bond acceptors (Lipinski definition) is 6. The van der Waals surface area contributed by atoms with Crippen molar-refractivity contribution in [2.45, 2.75) is 5.75 Å². The fraction of sp³-hybridized carbons (Fsp3) is 0.0588. The Morgan fingerprint density at radius 3 is 2.56 bits per heavy atom. The minimum Gasteiger partial charge on any atom is -0.507 e. The zero-order valence-corrected chi connectivity index (χ0v) is 13.7. The normalized spacial score (nSPS) is 11.8. The van der Waals surface area contributed by atoms with Crippen molar-refractivity contribution in [2.24, 2.45) is 5.10 Å². The van der Waals surface area contributed by atoms with Gasteiger partial charge in [-0.15, -0.1) is 0 Å². The Morgan fingerprint density at radius 2 is 1.80 bits per heavy atom. The third-order valence-corrected chi connectivity index (χ3v) is 4.49. The molecule has 3 rings (SSSR count). The maximum atomic E-state index is 12.0. The lowest BCUT2D eigenvalue weighted by Crippen LogP contribution is -2.20. The molecular weight excluding hydrogens is 344 g/mol. The highest BCUT2D eigenvalue weighted by Crippen LogP contribution is 2.24. The first-order chi connectivity index (χ1) is 11.9. The van der Waals surface area contributed by atoms with Crippen LogP contribution >= 0.6 is 0 Å². The Balaban J connectivity index is 1.85. The van der Waals surface area contributed by atoms with E-state index in [0.717, 1.165) is 6.21 Å². The quantitative estimate of drug-likeness (QED) is 0.412. The highest BCUT2D eigenvalue weighted by molar-refractivity contribution is 7.88. The van der Waals surface area contributed by atoms with Crippen molar-refractivity contribution in [3.05, 3.63) is 76.1 Å². The van der Waals surface area contributed by atoms with Crippen LogP contribution < -0.4 is 10.5 Å². The Morgan fingerprint density at radius 1 is 1.08 bits per heavy atom. The highest BCUT2D eigenvalue weighted by Gasteiger charge is 2.11. The summed E-state index contributed by atoms with van der Waals surface area (Å²) in [4.78, 5) is 13.5. The first kappa shape index (κ1) is 16.7. The van der Waals surface area contributed by atoms with Crippen LogP contribution in [0.25, 0.3) is 11.0 Å². The molecule has 0 fully saturated rings. The van der Waals surface area contributed by atoms with Gasteiger partial charge in [-0.3, -0.25) is 0 Å². The molecule has 0 saturated carbocycles. The minimum absolute atomic E-state index is 0.109. The predicted molar refractivity (Wildman–Crippen MR) is 93.9 cm³/mol. The molecular formula is C17H14N2O5S. The van der Waals surface area contributed by atoms with Crippen molar-refractivity contribution in [3.8, 4) is 5.75 Å². The zero-order valence-electron chi connectivity index (χ0n) is 12.9. The molecule has 0 bridgehead atoms. The summed E-state index contributed by atoms with van der Waals surface area (Å²) in [6, 6.07) is 14.4. The van der Waals surface area contributed by atoms with Crippen LogP contribution in [0.5, 0.6) is 5.75 Å². The molecule has 128 valence electrons. The first-order valence-corrected chi connectivity index (χ1v) is 8.92. The zero-order chi connectivity index (χ0) is 17.9. The van der Waals surface area contributed by atoms with E-state index in [4.69, 9.17) is 4.42 Å². The SMILES string of the molecule is O=c1ccc2ccc(O)c(/C=N/NS(=O)(=O)Cc3ccccc3)c2o1. The van der Waals surface area contributed by atoms with Gasteiger partial charge in [-0.2, -0.15) is 5.10 Å². The van der Waals surface area contributed by atoms with Gasteiger partial charge in [0.2, 0.25) is 0 Å². The summed E-state index contributed by atoms with van der Waals surface area (Å²) in [5, 5.41) is 14.2. The van der Waals surface area contributed by atoms with Gasteiger partial charge in [0.25, 0.3) is 10.0 Å². The van der Waals surface area contributed by atoms with Crippen LogP contribution in [0, 0.1) is 0 Å². The highest BCUT2D eigenvalue weighted by atomic mass is 32.2. The van der Waals surface area contributed by atoms with E-state index in [1.54, 1.807) is 36.4 Å². The van der Waals surface area contributed by atoms with Gasteiger partial charge < -0.3 is 9.52 Å². The van der Waals surface area contributed by atoms with Crippen LogP contribution in [0.3, 0.4) is 0 Å².